The first-order valence-corrected chi connectivity index (χ1v) is 6.34. The molecule has 2 rings (SSSR count). The molecule has 1 atom stereocenters. The molecule has 0 aromatic heterocycles. The van der Waals surface area contributed by atoms with Crippen LogP contribution in [0.1, 0.15) is 17.2 Å². The fraction of sp³-hybridized carbons (Fsp3) is 0.200. The average Bonchev–Trinajstić information content (AvgIpc) is 2.39. The predicted octanol–water partition coefficient (Wildman–Crippen LogP) is 3.21. The van der Waals surface area contributed by atoms with Crippen molar-refractivity contribution in [2.24, 2.45) is 0 Å². The molecule has 100 valence electrons. The Hall–Kier alpha value is -1.71. The first-order chi connectivity index (χ1) is 9.11. The van der Waals surface area contributed by atoms with Gasteiger partial charge in [-0.05, 0) is 29.8 Å². The number of hydrogen-bond acceptors (Lipinski definition) is 3. The third kappa shape index (κ3) is 3.19. The van der Waals surface area contributed by atoms with E-state index in [2.05, 4.69) is 0 Å². The highest BCUT2D eigenvalue weighted by Gasteiger charge is 2.14. The van der Waals surface area contributed by atoms with Gasteiger partial charge in [-0.1, -0.05) is 29.8 Å². The number of halogens is 1. The molecule has 1 unspecified atom stereocenters. The topological polar surface area (TPSA) is 55.5 Å². The molecule has 4 heteroatoms. The molecule has 3 nitrogen and oxygen atoms in total. The number of benzene rings is 2. The molecule has 0 aliphatic carbocycles. The van der Waals surface area contributed by atoms with E-state index in [1.807, 2.05) is 18.2 Å². The summed E-state index contributed by atoms with van der Waals surface area (Å²) in [6.07, 6.45) is -0.286. The van der Waals surface area contributed by atoms with Gasteiger partial charge in [0.15, 0.2) is 0 Å². The summed E-state index contributed by atoms with van der Waals surface area (Å²) in [6.45, 7) is 0. The van der Waals surface area contributed by atoms with Gasteiger partial charge in [-0.25, -0.2) is 0 Å². The van der Waals surface area contributed by atoms with E-state index in [9.17, 15) is 5.11 Å². The Bertz CT molecular complexity index is 572. The number of para-hydroxylation sites is 1. The number of aliphatic hydroxyl groups is 1. The molecule has 0 saturated carbocycles. The molecule has 2 aromatic rings. The zero-order valence-electron chi connectivity index (χ0n) is 10.6. The van der Waals surface area contributed by atoms with E-state index < -0.39 is 6.10 Å². The number of nitrogens with two attached hydrogens (primary N) is 1. The molecule has 0 amide bonds. The normalized spacial score (nSPS) is 12.2. The molecule has 0 heterocycles. The molecule has 0 bridgehead atoms. The third-order valence-corrected chi connectivity index (χ3v) is 3.25. The van der Waals surface area contributed by atoms with Crippen molar-refractivity contribution in [1.82, 2.24) is 0 Å². The summed E-state index contributed by atoms with van der Waals surface area (Å²) >= 11 is 5.97. The minimum absolute atomic E-state index is 0.401. The molecule has 0 fully saturated rings. The van der Waals surface area contributed by atoms with Crippen molar-refractivity contribution in [2.45, 2.75) is 12.5 Å². The number of methoxy groups -OCH3 is 1. The number of hydrogen-bond donors (Lipinski definition) is 2. The molecular formula is C15H16ClNO2. The lowest BCUT2D eigenvalue weighted by Crippen LogP contribution is -2.06. The summed E-state index contributed by atoms with van der Waals surface area (Å²) in [7, 11) is 1.59. The Kier molecular flexibility index (Phi) is 4.30. The van der Waals surface area contributed by atoms with Gasteiger partial charge in [-0.2, -0.15) is 0 Å². The lowest BCUT2D eigenvalue weighted by atomic mass is 9.99. The van der Waals surface area contributed by atoms with E-state index in [0.717, 1.165) is 5.56 Å². The Labute approximate surface area is 117 Å². The van der Waals surface area contributed by atoms with Gasteiger partial charge in [0.05, 0.1) is 13.2 Å². The van der Waals surface area contributed by atoms with E-state index in [1.165, 1.54) is 0 Å². The number of nitrogen functional groups attached to an aromatic ring is 1. The lowest BCUT2D eigenvalue weighted by molar-refractivity contribution is 0.178. The molecule has 19 heavy (non-hydrogen) atoms. The van der Waals surface area contributed by atoms with Gasteiger partial charge < -0.3 is 15.6 Å². The van der Waals surface area contributed by atoms with E-state index >= 15 is 0 Å². The van der Waals surface area contributed by atoms with Crippen LogP contribution in [0, 0.1) is 0 Å². The lowest BCUT2D eigenvalue weighted by Gasteiger charge is -2.15. The maximum absolute atomic E-state index is 10.3. The second-order valence-corrected chi connectivity index (χ2v) is 4.74. The van der Waals surface area contributed by atoms with Crippen LogP contribution in [0.15, 0.2) is 42.5 Å². The monoisotopic (exact) mass is 277 g/mol. The van der Waals surface area contributed by atoms with Gasteiger partial charge in [0.2, 0.25) is 0 Å². The number of ether oxygens (including phenoxy) is 1. The van der Waals surface area contributed by atoms with Gasteiger partial charge in [0, 0.05) is 22.7 Å². The highest BCUT2D eigenvalue weighted by molar-refractivity contribution is 6.30. The predicted molar refractivity (Wildman–Crippen MR) is 77.5 cm³/mol. The standard InChI is InChI=1S/C15H16ClNO2/c1-19-15-7-6-11(16)8-10(15)9-14(18)12-4-2-3-5-13(12)17/h2-8,14,18H,9,17H2,1H3. The van der Waals surface area contributed by atoms with Gasteiger partial charge in [-0.3, -0.25) is 0 Å². The smallest absolute Gasteiger partial charge is 0.122 e. The zero-order valence-corrected chi connectivity index (χ0v) is 11.4. The largest absolute Gasteiger partial charge is 0.496 e. The SMILES string of the molecule is COc1ccc(Cl)cc1CC(O)c1ccccc1N. The van der Waals surface area contributed by atoms with E-state index in [0.29, 0.717) is 28.4 Å². The Balaban J connectivity index is 2.26. The second kappa shape index (κ2) is 5.95. The van der Waals surface area contributed by atoms with Crippen molar-refractivity contribution in [3.05, 3.63) is 58.6 Å². The Morgan fingerprint density at radius 2 is 2.00 bits per heavy atom. The minimum atomic E-state index is -0.687. The van der Waals surface area contributed by atoms with Crippen LogP contribution >= 0.6 is 11.6 Å². The van der Waals surface area contributed by atoms with Gasteiger partial charge in [0.25, 0.3) is 0 Å². The molecule has 0 spiro atoms. The van der Waals surface area contributed by atoms with Gasteiger partial charge in [0.1, 0.15) is 5.75 Å². The highest BCUT2D eigenvalue weighted by Crippen LogP contribution is 2.29. The summed E-state index contributed by atoms with van der Waals surface area (Å²) in [4.78, 5) is 0. The fourth-order valence-corrected chi connectivity index (χ4v) is 2.23. The van der Waals surface area contributed by atoms with Crippen LogP contribution in [0.3, 0.4) is 0 Å². The maximum Gasteiger partial charge on any atom is 0.122 e. The van der Waals surface area contributed by atoms with Crippen LogP contribution in [0.4, 0.5) is 5.69 Å². The number of rotatable bonds is 4. The quantitative estimate of drug-likeness (QED) is 0.844. The summed E-state index contributed by atoms with van der Waals surface area (Å²) in [6, 6.07) is 12.6. The van der Waals surface area contributed by atoms with Crippen LogP contribution in [-0.4, -0.2) is 12.2 Å². The summed E-state index contributed by atoms with van der Waals surface area (Å²) in [5.41, 5.74) is 8.00. The summed E-state index contributed by atoms with van der Waals surface area (Å²) < 4.78 is 5.27. The number of aliphatic hydroxyl groups excluding tert-OH is 1. The van der Waals surface area contributed by atoms with Crippen molar-refractivity contribution < 1.29 is 9.84 Å². The van der Waals surface area contributed by atoms with Crippen LogP contribution in [0.5, 0.6) is 5.75 Å². The molecule has 0 aliphatic heterocycles. The van der Waals surface area contributed by atoms with Crippen LogP contribution in [-0.2, 0) is 6.42 Å². The molecule has 0 radical (unpaired) electrons. The summed E-state index contributed by atoms with van der Waals surface area (Å²) in [5, 5.41) is 10.9. The summed E-state index contributed by atoms with van der Waals surface area (Å²) in [5.74, 6) is 0.706. The van der Waals surface area contributed by atoms with Crippen LogP contribution in [0.25, 0.3) is 0 Å². The first-order valence-electron chi connectivity index (χ1n) is 5.96. The van der Waals surface area contributed by atoms with Crippen LogP contribution in [0.2, 0.25) is 5.02 Å². The third-order valence-electron chi connectivity index (χ3n) is 3.01. The molecule has 2 aromatic carbocycles. The highest BCUT2D eigenvalue weighted by atomic mass is 35.5. The molecular weight excluding hydrogens is 262 g/mol. The fourth-order valence-electron chi connectivity index (χ4n) is 2.04. The molecule has 3 N–H and O–H groups in total. The molecule has 0 aliphatic rings. The molecule has 0 saturated heterocycles. The number of anilines is 1. The Morgan fingerprint density at radius 1 is 1.26 bits per heavy atom. The van der Waals surface area contributed by atoms with Crippen LogP contribution < -0.4 is 10.5 Å². The zero-order chi connectivity index (χ0) is 13.8. The van der Waals surface area contributed by atoms with Crippen molar-refractivity contribution in [3.63, 3.8) is 0 Å². The minimum Gasteiger partial charge on any atom is -0.496 e. The maximum atomic E-state index is 10.3. The van der Waals surface area contributed by atoms with Crippen molar-refractivity contribution in [2.75, 3.05) is 12.8 Å². The van der Waals surface area contributed by atoms with E-state index in [-0.39, 0.29) is 0 Å². The Morgan fingerprint density at radius 3 is 2.68 bits per heavy atom. The first kappa shape index (κ1) is 13.7. The van der Waals surface area contributed by atoms with Crippen molar-refractivity contribution in [3.8, 4) is 5.75 Å². The second-order valence-electron chi connectivity index (χ2n) is 4.31. The van der Waals surface area contributed by atoms with Gasteiger partial charge >= 0.3 is 0 Å². The van der Waals surface area contributed by atoms with E-state index in [1.54, 1.807) is 31.4 Å². The van der Waals surface area contributed by atoms with Crippen molar-refractivity contribution in [1.29, 1.82) is 0 Å². The average molecular weight is 278 g/mol. The van der Waals surface area contributed by atoms with Gasteiger partial charge in [-0.15, -0.1) is 0 Å². The van der Waals surface area contributed by atoms with E-state index in [4.69, 9.17) is 22.1 Å². The van der Waals surface area contributed by atoms with Crippen molar-refractivity contribution >= 4 is 17.3 Å².